The zero-order valence-electron chi connectivity index (χ0n) is 14.8. The van der Waals surface area contributed by atoms with Crippen LogP contribution in [0.15, 0.2) is 19.6 Å². The molecule has 2 aromatic carbocycles. The summed E-state index contributed by atoms with van der Waals surface area (Å²) in [6.45, 7) is 18.2. The molecule has 0 bridgehead atoms. The molecular formula is C20H24S2. The molecule has 2 aromatic rings. The Hall–Kier alpha value is -0.860. The predicted octanol–water partition coefficient (Wildman–Crippen LogP) is 6.77. The van der Waals surface area contributed by atoms with Crippen LogP contribution in [0.1, 0.15) is 44.5 Å². The average Bonchev–Trinajstić information content (AvgIpc) is 2.52. The highest BCUT2D eigenvalue weighted by molar-refractivity contribution is 8.05. The molecule has 0 amide bonds. The van der Waals surface area contributed by atoms with Crippen LogP contribution < -0.4 is 0 Å². The quantitative estimate of drug-likeness (QED) is 0.446. The van der Waals surface area contributed by atoms with Gasteiger partial charge < -0.3 is 0 Å². The molecule has 116 valence electrons. The van der Waals surface area contributed by atoms with E-state index in [9.17, 15) is 0 Å². The van der Waals surface area contributed by atoms with E-state index in [1.807, 2.05) is 23.5 Å². The van der Waals surface area contributed by atoms with E-state index in [0.29, 0.717) is 0 Å². The SMILES string of the molecule is Cc1c(C)c(C)c2c(c1C)Sc1c(C)c(C)c(C)c(C)c1S2. The summed E-state index contributed by atoms with van der Waals surface area (Å²) in [5, 5.41) is 0. The Morgan fingerprint density at radius 2 is 0.500 bits per heavy atom. The Bertz CT molecular complexity index is 678. The summed E-state index contributed by atoms with van der Waals surface area (Å²) in [7, 11) is 0. The van der Waals surface area contributed by atoms with Crippen molar-refractivity contribution in [3.8, 4) is 0 Å². The molecule has 1 aliphatic heterocycles. The number of fused-ring (bicyclic) bond motifs is 2. The third-order valence-electron chi connectivity index (χ3n) is 5.56. The molecule has 0 aromatic heterocycles. The maximum atomic E-state index is 2.28. The minimum atomic E-state index is 1.45. The van der Waals surface area contributed by atoms with Crippen molar-refractivity contribution in [3.63, 3.8) is 0 Å². The first kappa shape index (κ1) is 16.0. The van der Waals surface area contributed by atoms with Gasteiger partial charge in [0, 0.05) is 19.6 Å². The van der Waals surface area contributed by atoms with Crippen molar-refractivity contribution in [3.05, 3.63) is 44.5 Å². The van der Waals surface area contributed by atoms with Crippen molar-refractivity contribution >= 4 is 23.5 Å². The highest BCUT2D eigenvalue weighted by Gasteiger charge is 2.27. The predicted molar refractivity (Wildman–Crippen MR) is 99.0 cm³/mol. The molecule has 2 heteroatoms. The summed E-state index contributed by atoms with van der Waals surface area (Å²) >= 11 is 3.98. The fraction of sp³-hybridized carbons (Fsp3) is 0.400. The first-order valence-electron chi connectivity index (χ1n) is 7.82. The summed E-state index contributed by atoms with van der Waals surface area (Å²) < 4.78 is 0. The highest BCUT2D eigenvalue weighted by atomic mass is 32.2. The van der Waals surface area contributed by atoms with Crippen molar-refractivity contribution in [1.82, 2.24) is 0 Å². The normalized spacial score (nSPS) is 13.1. The van der Waals surface area contributed by atoms with Gasteiger partial charge in [-0.25, -0.2) is 0 Å². The maximum absolute atomic E-state index is 2.28. The molecule has 1 aliphatic rings. The van der Waals surface area contributed by atoms with Crippen molar-refractivity contribution in [2.75, 3.05) is 0 Å². The second-order valence-corrected chi connectivity index (χ2v) is 8.56. The number of hydrogen-bond acceptors (Lipinski definition) is 2. The zero-order chi connectivity index (χ0) is 16.3. The van der Waals surface area contributed by atoms with Crippen molar-refractivity contribution in [1.29, 1.82) is 0 Å². The zero-order valence-corrected chi connectivity index (χ0v) is 16.4. The molecule has 0 nitrogen and oxygen atoms in total. The smallest absolute Gasteiger partial charge is 0.0297 e. The summed E-state index contributed by atoms with van der Waals surface area (Å²) in [6, 6.07) is 0. The fourth-order valence-corrected chi connectivity index (χ4v) is 6.30. The maximum Gasteiger partial charge on any atom is 0.0297 e. The number of benzene rings is 2. The lowest BCUT2D eigenvalue weighted by Crippen LogP contribution is -2.05. The summed E-state index contributed by atoms with van der Waals surface area (Å²) in [4.78, 5) is 5.90. The van der Waals surface area contributed by atoms with Gasteiger partial charge in [-0.2, -0.15) is 0 Å². The Kier molecular flexibility index (Phi) is 3.89. The summed E-state index contributed by atoms with van der Waals surface area (Å²) in [5.41, 5.74) is 11.6. The summed E-state index contributed by atoms with van der Waals surface area (Å²) in [6.07, 6.45) is 0. The fourth-order valence-electron chi connectivity index (χ4n) is 3.18. The van der Waals surface area contributed by atoms with E-state index in [0.717, 1.165) is 0 Å². The topological polar surface area (TPSA) is 0 Å². The third-order valence-corrected chi connectivity index (χ3v) is 8.67. The van der Waals surface area contributed by atoms with Crippen LogP contribution >= 0.6 is 23.5 Å². The molecule has 22 heavy (non-hydrogen) atoms. The van der Waals surface area contributed by atoms with E-state index in [2.05, 4.69) is 55.4 Å². The number of rotatable bonds is 0. The largest absolute Gasteiger partial charge is 0.0871 e. The van der Waals surface area contributed by atoms with Gasteiger partial charge >= 0.3 is 0 Å². The van der Waals surface area contributed by atoms with Crippen LogP contribution in [0.4, 0.5) is 0 Å². The Morgan fingerprint density at radius 1 is 0.318 bits per heavy atom. The van der Waals surface area contributed by atoms with E-state index in [1.54, 1.807) is 0 Å². The van der Waals surface area contributed by atoms with E-state index in [1.165, 1.54) is 64.1 Å². The standard InChI is InChI=1S/C20H24S2/c1-9-10(2)14(6)18-17(13(9)5)21-19-15(7)11(3)12(4)16(8)20(19)22-18/h1-8H3. The molecular weight excluding hydrogens is 304 g/mol. The second kappa shape index (κ2) is 5.35. The molecule has 0 fully saturated rings. The van der Waals surface area contributed by atoms with Crippen LogP contribution in [-0.4, -0.2) is 0 Å². The molecule has 0 aliphatic carbocycles. The Balaban J connectivity index is 2.32. The monoisotopic (exact) mass is 328 g/mol. The Labute approximate surface area is 143 Å². The van der Waals surface area contributed by atoms with E-state index in [-0.39, 0.29) is 0 Å². The molecule has 0 saturated carbocycles. The first-order valence-corrected chi connectivity index (χ1v) is 9.45. The molecule has 3 rings (SSSR count). The van der Waals surface area contributed by atoms with Gasteiger partial charge in [0.25, 0.3) is 0 Å². The molecule has 0 N–H and O–H groups in total. The van der Waals surface area contributed by atoms with Crippen LogP contribution in [0.25, 0.3) is 0 Å². The van der Waals surface area contributed by atoms with Gasteiger partial charge in [0.1, 0.15) is 0 Å². The van der Waals surface area contributed by atoms with E-state index in [4.69, 9.17) is 0 Å². The van der Waals surface area contributed by atoms with Crippen LogP contribution in [-0.2, 0) is 0 Å². The van der Waals surface area contributed by atoms with Crippen molar-refractivity contribution < 1.29 is 0 Å². The lowest BCUT2D eigenvalue weighted by molar-refractivity contribution is 0.993. The Morgan fingerprint density at radius 3 is 0.682 bits per heavy atom. The van der Waals surface area contributed by atoms with Crippen LogP contribution in [0.3, 0.4) is 0 Å². The van der Waals surface area contributed by atoms with Crippen molar-refractivity contribution in [2.24, 2.45) is 0 Å². The molecule has 0 radical (unpaired) electrons. The lowest BCUT2D eigenvalue weighted by atomic mass is 9.99. The summed E-state index contributed by atoms with van der Waals surface area (Å²) in [5.74, 6) is 0. The minimum Gasteiger partial charge on any atom is -0.0871 e. The second-order valence-electron chi connectivity index (χ2n) is 6.52. The average molecular weight is 329 g/mol. The molecule has 0 spiro atoms. The van der Waals surface area contributed by atoms with Gasteiger partial charge in [-0.05, 0) is 99.9 Å². The van der Waals surface area contributed by atoms with Gasteiger partial charge in [-0.1, -0.05) is 23.5 Å². The molecule has 0 atom stereocenters. The van der Waals surface area contributed by atoms with Gasteiger partial charge in [0.05, 0.1) is 0 Å². The third kappa shape index (κ3) is 2.07. The number of hydrogen-bond donors (Lipinski definition) is 0. The van der Waals surface area contributed by atoms with Crippen molar-refractivity contribution in [2.45, 2.75) is 75.0 Å². The minimum absolute atomic E-state index is 1.45. The molecule has 1 heterocycles. The van der Waals surface area contributed by atoms with Gasteiger partial charge in [-0.15, -0.1) is 0 Å². The lowest BCUT2D eigenvalue weighted by Gasteiger charge is -2.28. The van der Waals surface area contributed by atoms with Gasteiger partial charge in [-0.3, -0.25) is 0 Å². The van der Waals surface area contributed by atoms with Crippen LogP contribution in [0.2, 0.25) is 0 Å². The first-order chi connectivity index (χ1) is 10.3. The highest BCUT2D eigenvalue weighted by Crippen LogP contribution is 2.55. The van der Waals surface area contributed by atoms with E-state index < -0.39 is 0 Å². The van der Waals surface area contributed by atoms with Crippen LogP contribution in [0.5, 0.6) is 0 Å². The van der Waals surface area contributed by atoms with Gasteiger partial charge in [0.2, 0.25) is 0 Å². The van der Waals surface area contributed by atoms with Gasteiger partial charge in [0.15, 0.2) is 0 Å². The molecule has 0 unspecified atom stereocenters. The molecule has 0 saturated heterocycles. The van der Waals surface area contributed by atoms with E-state index >= 15 is 0 Å². The van der Waals surface area contributed by atoms with Crippen LogP contribution in [0, 0.1) is 55.4 Å².